The Morgan fingerprint density at radius 2 is 1.91 bits per heavy atom. The van der Waals surface area contributed by atoms with Crippen LogP contribution in [0.3, 0.4) is 0 Å². The van der Waals surface area contributed by atoms with Crippen LogP contribution in [0.15, 0.2) is 53.8 Å². The van der Waals surface area contributed by atoms with Gasteiger partial charge in [0.05, 0.1) is 20.8 Å². The van der Waals surface area contributed by atoms with Gasteiger partial charge in [-0.05, 0) is 18.2 Å². The van der Waals surface area contributed by atoms with Gasteiger partial charge in [-0.15, -0.1) is 0 Å². The van der Waals surface area contributed by atoms with Crippen LogP contribution in [0.4, 0.5) is 0 Å². The molecule has 0 amide bonds. The molecule has 3 heterocycles. The van der Waals surface area contributed by atoms with Crippen LogP contribution in [0, 0.1) is 0 Å². The number of fused-ring (bicyclic) bond motifs is 3. The van der Waals surface area contributed by atoms with Crippen LogP contribution in [0.25, 0.3) is 26.4 Å². The molecule has 0 atom stereocenters. The maximum absolute atomic E-state index is 11.5. The summed E-state index contributed by atoms with van der Waals surface area (Å²) in [6.45, 7) is 0. The molecule has 0 fully saturated rings. The van der Waals surface area contributed by atoms with E-state index in [-0.39, 0.29) is 0 Å². The predicted molar refractivity (Wildman–Crippen MR) is 86.9 cm³/mol. The van der Waals surface area contributed by atoms with Crippen molar-refractivity contribution in [2.45, 2.75) is 4.90 Å². The summed E-state index contributed by atoms with van der Waals surface area (Å²) in [5, 5.41) is 0. The highest BCUT2D eigenvalue weighted by molar-refractivity contribution is 7.90. The molecule has 0 aliphatic rings. The summed E-state index contributed by atoms with van der Waals surface area (Å²) in [6.07, 6.45) is 6.75. The van der Waals surface area contributed by atoms with Gasteiger partial charge in [0.2, 0.25) is 0 Å². The lowest BCUT2D eigenvalue weighted by Gasteiger charge is -2.00. The topological polar surface area (TPSA) is 64.3 Å². The summed E-state index contributed by atoms with van der Waals surface area (Å²) in [7, 11) is -3.17. The number of hydrogen-bond acceptors (Lipinski definition) is 5. The van der Waals surface area contributed by atoms with E-state index in [0.29, 0.717) is 4.90 Å². The smallest absolute Gasteiger partial charge is 0.195 e. The van der Waals surface area contributed by atoms with Crippen LogP contribution in [0.1, 0.15) is 0 Å². The Labute approximate surface area is 130 Å². The average molecular weight is 329 g/mol. The van der Waals surface area contributed by atoms with Gasteiger partial charge in [0.1, 0.15) is 0 Å². The van der Waals surface area contributed by atoms with Gasteiger partial charge in [-0.3, -0.25) is 9.38 Å². The number of aromatic nitrogens is 3. The molecule has 1 aromatic carbocycles. The first kappa shape index (κ1) is 13.4. The molecule has 22 heavy (non-hydrogen) atoms. The van der Waals surface area contributed by atoms with Crippen molar-refractivity contribution < 1.29 is 8.42 Å². The third-order valence-electron chi connectivity index (χ3n) is 3.48. The fourth-order valence-electron chi connectivity index (χ4n) is 2.37. The number of hydrogen-bond donors (Lipinski definition) is 0. The number of benzene rings is 1. The normalized spacial score (nSPS) is 12.2. The van der Waals surface area contributed by atoms with Gasteiger partial charge in [0, 0.05) is 30.4 Å². The molecule has 4 rings (SSSR count). The lowest BCUT2D eigenvalue weighted by molar-refractivity contribution is 0.602. The average Bonchev–Trinajstić information content (AvgIpc) is 3.04. The molecular weight excluding hydrogens is 318 g/mol. The van der Waals surface area contributed by atoms with Crippen molar-refractivity contribution in [3.63, 3.8) is 0 Å². The first-order valence-corrected chi connectivity index (χ1v) is 9.25. The molecule has 0 aliphatic carbocycles. The Balaban J connectivity index is 1.84. The molecule has 0 unspecified atom stereocenters. The monoisotopic (exact) mass is 329 g/mol. The van der Waals surface area contributed by atoms with Crippen molar-refractivity contribution in [1.29, 1.82) is 0 Å². The number of pyridine rings is 1. The number of thiazole rings is 1. The van der Waals surface area contributed by atoms with Gasteiger partial charge in [0.15, 0.2) is 14.8 Å². The number of rotatable bonds is 2. The van der Waals surface area contributed by atoms with Gasteiger partial charge in [0.25, 0.3) is 0 Å². The van der Waals surface area contributed by atoms with Gasteiger partial charge in [-0.1, -0.05) is 23.5 Å². The summed E-state index contributed by atoms with van der Waals surface area (Å²) >= 11 is 1.58. The second-order valence-corrected chi connectivity index (χ2v) is 8.05. The highest BCUT2D eigenvalue weighted by Crippen LogP contribution is 2.29. The summed E-state index contributed by atoms with van der Waals surface area (Å²) in [5.74, 6) is 0. The Hall–Kier alpha value is -2.25. The van der Waals surface area contributed by atoms with E-state index in [4.69, 9.17) is 0 Å². The fourth-order valence-corrected chi connectivity index (χ4v) is 3.97. The van der Waals surface area contributed by atoms with E-state index in [1.807, 2.05) is 22.9 Å². The zero-order valence-corrected chi connectivity index (χ0v) is 13.2. The first-order valence-electron chi connectivity index (χ1n) is 6.54. The van der Waals surface area contributed by atoms with E-state index in [1.54, 1.807) is 41.8 Å². The van der Waals surface area contributed by atoms with E-state index in [0.717, 1.165) is 26.4 Å². The van der Waals surface area contributed by atoms with E-state index in [2.05, 4.69) is 9.97 Å². The predicted octanol–water partition coefficient (Wildman–Crippen LogP) is 3.01. The molecule has 0 spiro atoms. The van der Waals surface area contributed by atoms with Crippen LogP contribution in [0.2, 0.25) is 0 Å². The third kappa shape index (κ3) is 2.10. The molecule has 5 nitrogen and oxygen atoms in total. The molecule has 4 aromatic rings. The minimum atomic E-state index is -3.17. The fraction of sp³-hybridized carbons (Fsp3) is 0.0667. The van der Waals surface area contributed by atoms with Crippen molar-refractivity contribution in [3.05, 3.63) is 48.9 Å². The Morgan fingerprint density at radius 1 is 1.14 bits per heavy atom. The third-order valence-corrected chi connectivity index (χ3v) is 5.61. The summed E-state index contributed by atoms with van der Waals surface area (Å²) < 4.78 is 26.1. The summed E-state index contributed by atoms with van der Waals surface area (Å²) in [6, 6.07) is 8.75. The van der Waals surface area contributed by atoms with Crippen molar-refractivity contribution in [1.82, 2.24) is 14.4 Å². The minimum absolute atomic E-state index is 0.314. The maximum atomic E-state index is 11.5. The second kappa shape index (κ2) is 4.62. The van der Waals surface area contributed by atoms with Crippen LogP contribution < -0.4 is 0 Å². The Kier molecular flexibility index (Phi) is 2.82. The quantitative estimate of drug-likeness (QED) is 0.567. The minimum Gasteiger partial charge on any atom is -0.290 e. The lowest BCUT2D eigenvalue weighted by Crippen LogP contribution is -1.96. The van der Waals surface area contributed by atoms with Crippen LogP contribution in [0.5, 0.6) is 0 Å². The lowest BCUT2D eigenvalue weighted by atomic mass is 10.2. The van der Waals surface area contributed by atoms with Crippen molar-refractivity contribution >= 4 is 36.4 Å². The maximum Gasteiger partial charge on any atom is 0.195 e. The van der Waals surface area contributed by atoms with E-state index < -0.39 is 9.84 Å². The highest BCUT2D eigenvalue weighted by Gasteiger charge is 2.11. The standard InChI is InChI=1S/C15H11N3O2S2/c1-22(19,20)11-4-2-10(3-5-11)12-9-18-13-6-7-16-8-14(13)21-15(18)17-12/h2-9H,1H3. The molecule has 7 heteroatoms. The first-order chi connectivity index (χ1) is 10.5. The SMILES string of the molecule is CS(=O)(=O)c1ccc(-c2cn3c(n2)sc2cnccc23)cc1. The molecule has 0 radical (unpaired) electrons. The van der Waals surface area contributed by atoms with E-state index >= 15 is 0 Å². The number of sulfone groups is 1. The van der Waals surface area contributed by atoms with Crippen molar-refractivity contribution in [2.24, 2.45) is 0 Å². The molecule has 0 bridgehead atoms. The molecule has 0 saturated carbocycles. The van der Waals surface area contributed by atoms with Crippen LogP contribution in [-0.4, -0.2) is 29.0 Å². The molecule has 0 N–H and O–H groups in total. The molecule has 110 valence electrons. The van der Waals surface area contributed by atoms with Gasteiger partial charge in [-0.25, -0.2) is 13.4 Å². The van der Waals surface area contributed by atoms with Crippen molar-refractivity contribution in [2.75, 3.05) is 6.26 Å². The van der Waals surface area contributed by atoms with Gasteiger partial charge < -0.3 is 0 Å². The van der Waals surface area contributed by atoms with E-state index in [9.17, 15) is 8.42 Å². The Morgan fingerprint density at radius 3 is 2.64 bits per heavy atom. The number of nitrogens with zero attached hydrogens (tertiary/aromatic N) is 3. The molecule has 0 aliphatic heterocycles. The number of imidazole rings is 1. The molecule has 3 aromatic heterocycles. The van der Waals surface area contributed by atoms with Crippen LogP contribution in [-0.2, 0) is 9.84 Å². The molecular formula is C15H11N3O2S2. The van der Waals surface area contributed by atoms with Gasteiger partial charge >= 0.3 is 0 Å². The van der Waals surface area contributed by atoms with E-state index in [1.165, 1.54) is 6.26 Å². The summed E-state index contributed by atoms with van der Waals surface area (Å²) in [4.78, 5) is 9.94. The second-order valence-electron chi connectivity index (χ2n) is 5.02. The van der Waals surface area contributed by atoms with Crippen LogP contribution >= 0.6 is 11.3 Å². The van der Waals surface area contributed by atoms with Crippen molar-refractivity contribution in [3.8, 4) is 11.3 Å². The van der Waals surface area contributed by atoms with Gasteiger partial charge in [-0.2, -0.15) is 0 Å². The molecule has 0 saturated heterocycles. The zero-order chi connectivity index (χ0) is 15.3. The zero-order valence-electron chi connectivity index (χ0n) is 11.6. The Bertz CT molecular complexity index is 1090. The highest BCUT2D eigenvalue weighted by atomic mass is 32.2. The largest absolute Gasteiger partial charge is 0.290 e. The summed E-state index contributed by atoms with van der Waals surface area (Å²) in [5.41, 5.74) is 2.79.